The number of nitrogens with one attached hydrogen (secondary N) is 1. The summed E-state index contributed by atoms with van der Waals surface area (Å²) in [6.45, 7) is 4.36. The van der Waals surface area contributed by atoms with Gasteiger partial charge in [0.05, 0.1) is 12.3 Å². The minimum absolute atomic E-state index is 0.0918. The molecular formula is C11H17N5O2S2. The number of hydrazine groups is 1. The number of thiocarbonyl (C=S) groups is 1. The Bertz CT molecular complexity index is 493. The van der Waals surface area contributed by atoms with Gasteiger partial charge in [0.25, 0.3) is 5.91 Å². The molecule has 0 bridgehead atoms. The summed E-state index contributed by atoms with van der Waals surface area (Å²) >= 11 is 6.44. The van der Waals surface area contributed by atoms with Crippen molar-refractivity contribution in [1.29, 1.82) is 0 Å². The highest BCUT2D eigenvalue weighted by atomic mass is 32.1. The highest BCUT2D eigenvalue weighted by Crippen LogP contribution is 2.18. The molecule has 0 aromatic carbocycles. The highest BCUT2D eigenvalue weighted by Gasteiger charge is 2.31. The van der Waals surface area contributed by atoms with Gasteiger partial charge in [-0.1, -0.05) is 4.49 Å². The van der Waals surface area contributed by atoms with Gasteiger partial charge in [0, 0.05) is 26.7 Å². The number of aryl methyl sites for hydroxylation is 1. The van der Waals surface area contributed by atoms with Crippen LogP contribution < -0.4 is 5.32 Å². The first-order chi connectivity index (χ1) is 9.65. The van der Waals surface area contributed by atoms with Gasteiger partial charge in [-0.25, -0.2) is 5.01 Å². The number of nitrogens with zero attached hydrogens (tertiary/aromatic N) is 4. The van der Waals surface area contributed by atoms with Crippen molar-refractivity contribution in [2.45, 2.75) is 13.3 Å². The van der Waals surface area contributed by atoms with Crippen molar-refractivity contribution >= 4 is 34.8 Å². The maximum atomic E-state index is 12.5. The average Bonchev–Trinajstić information content (AvgIpc) is 3.06. The van der Waals surface area contributed by atoms with Crippen molar-refractivity contribution in [3.8, 4) is 0 Å². The molecule has 9 heteroatoms. The number of amides is 1. The van der Waals surface area contributed by atoms with E-state index in [4.69, 9.17) is 17.0 Å². The van der Waals surface area contributed by atoms with Crippen molar-refractivity contribution in [3.63, 3.8) is 0 Å². The molecule has 1 fully saturated rings. The summed E-state index contributed by atoms with van der Waals surface area (Å²) in [7, 11) is 1.63. The van der Waals surface area contributed by atoms with Crippen LogP contribution in [0.1, 0.15) is 21.8 Å². The molecule has 0 aliphatic carbocycles. The third-order valence-corrected chi connectivity index (χ3v) is 4.10. The van der Waals surface area contributed by atoms with Gasteiger partial charge in [-0.2, -0.15) is 0 Å². The molecule has 1 N–H and O–H groups in total. The SMILES string of the molecule is COCCNC(=S)N1CCCN1C(=O)c1snnc1C. The lowest BCUT2D eigenvalue weighted by molar-refractivity contribution is 0.0495. The molecule has 2 rings (SSSR count). The summed E-state index contributed by atoms with van der Waals surface area (Å²) < 4.78 is 8.77. The molecule has 1 aliphatic rings. The lowest BCUT2D eigenvalue weighted by Gasteiger charge is -2.29. The van der Waals surface area contributed by atoms with Crippen LogP contribution in [0, 0.1) is 6.92 Å². The van der Waals surface area contributed by atoms with Crippen molar-refractivity contribution in [3.05, 3.63) is 10.6 Å². The molecule has 1 amide bonds. The second-order valence-corrected chi connectivity index (χ2v) is 5.46. The molecule has 1 saturated heterocycles. The Morgan fingerprint density at radius 3 is 2.90 bits per heavy atom. The van der Waals surface area contributed by atoms with Gasteiger partial charge in [0.1, 0.15) is 4.88 Å². The van der Waals surface area contributed by atoms with E-state index in [1.165, 1.54) is 0 Å². The van der Waals surface area contributed by atoms with Gasteiger partial charge in [-0.15, -0.1) is 5.10 Å². The van der Waals surface area contributed by atoms with Crippen molar-refractivity contribution < 1.29 is 9.53 Å². The van der Waals surface area contributed by atoms with Crippen LogP contribution in [0.4, 0.5) is 0 Å². The Labute approximate surface area is 127 Å². The molecule has 0 atom stereocenters. The van der Waals surface area contributed by atoms with E-state index in [1.807, 2.05) is 0 Å². The van der Waals surface area contributed by atoms with Crippen molar-refractivity contribution in [1.82, 2.24) is 24.9 Å². The van der Waals surface area contributed by atoms with Crippen LogP contribution in [0.25, 0.3) is 0 Å². The third kappa shape index (κ3) is 3.22. The minimum Gasteiger partial charge on any atom is -0.383 e. The lowest BCUT2D eigenvalue weighted by Crippen LogP contribution is -2.49. The number of hydrogen-bond acceptors (Lipinski definition) is 6. The molecule has 2 heterocycles. The molecule has 1 aromatic heterocycles. The predicted molar refractivity (Wildman–Crippen MR) is 79.5 cm³/mol. The van der Waals surface area contributed by atoms with E-state index in [9.17, 15) is 4.79 Å². The monoisotopic (exact) mass is 315 g/mol. The van der Waals surface area contributed by atoms with Gasteiger partial charge >= 0.3 is 0 Å². The first-order valence-corrected chi connectivity index (χ1v) is 7.48. The van der Waals surface area contributed by atoms with E-state index in [1.54, 1.807) is 24.1 Å². The molecule has 110 valence electrons. The molecule has 20 heavy (non-hydrogen) atoms. The first-order valence-electron chi connectivity index (χ1n) is 6.30. The fourth-order valence-corrected chi connectivity index (χ4v) is 2.82. The Balaban J connectivity index is 2.02. The number of rotatable bonds is 4. The standard InChI is InChI=1S/C11H17N5O2S2/c1-8-9(20-14-13-8)10(17)15-5-3-6-16(15)11(19)12-4-7-18-2/h3-7H2,1-2H3,(H,12,19). The van der Waals surface area contributed by atoms with E-state index in [0.717, 1.165) is 24.5 Å². The summed E-state index contributed by atoms with van der Waals surface area (Å²) in [6, 6.07) is 0. The van der Waals surface area contributed by atoms with Crippen LogP contribution in [-0.4, -0.2) is 64.0 Å². The second-order valence-electron chi connectivity index (χ2n) is 4.32. The zero-order valence-corrected chi connectivity index (χ0v) is 13.1. The molecule has 0 radical (unpaired) electrons. The van der Waals surface area contributed by atoms with Crippen LogP contribution in [0.15, 0.2) is 0 Å². The molecule has 1 aromatic rings. The van der Waals surface area contributed by atoms with E-state index >= 15 is 0 Å². The number of ether oxygens (including phenoxy) is 1. The molecular weight excluding hydrogens is 298 g/mol. The van der Waals surface area contributed by atoms with Crippen LogP contribution in [0.3, 0.4) is 0 Å². The molecule has 0 spiro atoms. The summed E-state index contributed by atoms with van der Waals surface area (Å²) in [5.41, 5.74) is 0.658. The summed E-state index contributed by atoms with van der Waals surface area (Å²) in [4.78, 5) is 13.0. The van der Waals surface area contributed by atoms with Gasteiger partial charge in [0.15, 0.2) is 5.11 Å². The maximum absolute atomic E-state index is 12.5. The topological polar surface area (TPSA) is 70.6 Å². The fraction of sp³-hybridized carbons (Fsp3) is 0.636. The number of aromatic nitrogens is 2. The Kier molecular flexibility index (Phi) is 5.21. The van der Waals surface area contributed by atoms with E-state index in [-0.39, 0.29) is 5.91 Å². The van der Waals surface area contributed by atoms with Gasteiger partial charge < -0.3 is 10.1 Å². The molecule has 0 unspecified atom stereocenters. The number of carbonyl (C=O) groups is 1. The van der Waals surface area contributed by atoms with Crippen LogP contribution >= 0.6 is 23.8 Å². The third-order valence-electron chi connectivity index (χ3n) is 2.93. The van der Waals surface area contributed by atoms with Gasteiger partial charge in [-0.3, -0.25) is 9.80 Å². The second kappa shape index (κ2) is 6.91. The Hall–Kier alpha value is -1.32. The summed E-state index contributed by atoms with van der Waals surface area (Å²) in [5, 5.41) is 11.0. The quantitative estimate of drug-likeness (QED) is 0.638. The highest BCUT2D eigenvalue weighted by molar-refractivity contribution is 7.80. The number of carbonyl (C=O) groups excluding carboxylic acids is 1. The van der Waals surface area contributed by atoms with E-state index in [0.29, 0.717) is 35.4 Å². The zero-order chi connectivity index (χ0) is 14.5. The number of methoxy groups -OCH3 is 1. The lowest BCUT2D eigenvalue weighted by atomic mass is 10.3. The van der Waals surface area contributed by atoms with Crippen molar-refractivity contribution in [2.75, 3.05) is 33.4 Å². The Morgan fingerprint density at radius 1 is 1.50 bits per heavy atom. The smallest absolute Gasteiger partial charge is 0.286 e. The zero-order valence-electron chi connectivity index (χ0n) is 11.5. The minimum atomic E-state index is -0.0918. The maximum Gasteiger partial charge on any atom is 0.286 e. The van der Waals surface area contributed by atoms with Crippen LogP contribution in [-0.2, 0) is 4.74 Å². The molecule has 1 aliphatic heterocycles. The molecule has 0 saturated carbocycles. The van der Waals surface area contributed by atoms with Crippen molar-refractivity contribution in [2.24, 2.45) is 0 Å². The van der Waals surface area contributed by atoms with E-state index in [2.05, 4.69) is 14.9 Å². The van der Waals surface area contributed by atoms with E-state index < -0.39 is 0 Å². The van der Waals surface area contributed by atoms with Crippen LogP contribution in [0.5, 0.6) is 0 Å². The first kappa shape index (κ1) is 15.1. The molecule has 7 nitrogen and oxygen atoms in total. The average molecular weight is 315 g/mol. The normalized spacial score (nSPS) is 14.7. The van der Waals surface area contributed by atoms with Gasteiger partial charge in [-0.05, 0) is 37.1 Å². The number of hydrogen-bond donors (Lipinski definition) is 1. The summed E-state index contributed by atoms with van der Waals surface area (Å²) in [5.74, 6) is -0.0918. The fourth-order valence-electron chi connectivity index (χ4n) is 1.93. The largest absolute Gasteiger partial charge is 0.383 e. The van der Waals surface area contributed by atoms with Gasteiger partial charge in [0.2, 0.25) is 0 Å². The summed E-state index contributed by atoms with van der Waals surface area (Å²) in [6.07, 6.45) is 0.892. The van der Waals surface area contributed by atoms with Crippen LogP contribution in [0.2, 0.25) is 0 Å². The Morgan fingerprint density at radius 2 is 2.25 bits per heavy atom. The predicted octanol–water partition coefficient (Wildman–Crippen LogP) is 0.430.